The molecule has 5 nitrogen and oxygen atoms in total. The molecule has 56 heavy (non-hydrogen) atoms. The van der Waals surface area contributed by atoms with Gasteiger partial charge < -0.3 is 4.74 Å². The van der Waals surface area contributed by atoms with E-state index >= 15 is 0 Å². The van der Waals surface area contributed by atoms with Gasteiger partial charge in [-0.2, -0.15) is 0 Å². The van der Waals surface area contributed by atoms with Crippen LogP contribution in [-0.2, 0) is 0 Å². The lowest BCUT2D eigenvalue weighted by atomic mass is 9.95. The number of rotatable bonds is 7. The molecule has 0 saturated carbocycles. The van der Waals surface area contributed by atoms with E-state index in [0.29, 0.717) is 28.2 Å². The van der Waals surface area contributed by atoms with E-state index in [-0.39, 0.29) is 27.9 Å². The molecule has 268 valence electrons. The molecule has 0 radical (unpaired) electrons. The zero-order valence-corrected chi connectivity index (χ0v) is 30.7. The van der Waals surface area contributed by atoms with Crippen LogP contribution in [0.3, 0.4) is 0 Å². The van der Waals surface area contributed by atoms with Crippen molar-refractivity contribution in [3.63, 3.8) is 0 Å². The van der Waals surface area contributed by atoms with Gasteiger partial charge in [-0.15, -0.1) is 0 Å². The number of aryl methyl sites for hydroxylation is 1. The van der Waals surface area contributed by atoms with Gasteiger partial charge in [-0.3, -0.25) is 13.7 Å². The van der Waals surface area contributed by atoms with Gasteiger partial charge in [-0.05, 0) is 96.1 Å². The molecule has 0 fully saturated rings. The van der Waals surface area contributed by atoms with Crippen LogP contribution < -0.4 is 9.30 Å². The van der Waals surface area contributed by atoms with Gasteiger partial charge in [-0.25, -0.2) is 4.98 Å². The number of benzene rings is 7. The van der Waals surface area contributed by atoms with Crippen LogP contribution in [0.1, 0.15) is 30.4 Å². The predicted molar refractivity (Wildman–Crippen MR) is 227 cm³/mol. The third-order valence-corrected chi connectivity index (χ3v) is 10.4. The second-order valence-electron chi connectivity index (χ2n) is 13.6. The minimum Gasteiger partial charge on any atom is -0.458 e. The maximum Gasteiger partial charge on any atom is 0.269 e. The first kappa shape index (κ1) is 24.2. The Labute approximate surface area is 340 Å². The highest BCUT2D eigenvalue weighted by Crippen LogP contribution is 2.37. The highest BCUT2D eigenvalue weighted by atomic mass is 16.5. The number of hydrogen-bond donors (Lipinski definition) is 0. The fraction of sp³-hybridized carbons (Fsp3) is 0.0588. The highest BCUT2D eigenvalue weighted by molar-refractivity contribution is 6.09. The van der Waals surface area contributed by atoms with E-state index in [2.05, 4.69) is 49.9 Å². The SMILES string of the molecule is [2H]c1c([2H])c([2H])c(-c2cccc(-c3c([2H])c([2H])c([2H])c([2H])c3[2H])c2-[n+]2[c-]n(-c3cccc(Oc4ccc5c6ccccc6n(-c6ncc(C)c(C)c6C)c5c4)c3)c3ccccc32)c([2H])c1[2H]. The summed E-state index contributed by atoms with van der Waals surface area (Å²) in [5, 5.41) is 2.14. The van der Waals surface area contributed by atoms with Crippen LogP contribution in [0.25, 0.3) is 72.3 Å². The van der Waals surface area contributed by atoms with Gasteiger partial charge in [0, 0.05) is 23.0 Å². The van der Waals surface area contributed by atoms with Crippen LogP contribution in [0.15, 0.2) is 176 Å². The second-order valence-corrected chi connectivity index (χ2v) is 13.6. The molecule has 0 N–H and O–H groups in total. The molecule has 0 aliphatic rings. The van der Waals surface area contributed by atoms with Crippen molar-refractivity contribution < 1.29 is 23.0 Å². The Hall–Kier alpha value is -7.24. The quantitative estimate of drug-likeness (QED) is 0.121. The number of ether oxygens (including phenoxy) is 1. The number of imidazole rings is 1. The largest absolute Gasteiger partial charge is 0.458 e. The summed E-state index contributed by atoms with van der Waals surface area (Å²) in [6.07, 6.45) is 5.34. The van der Waals surface area contributed by atoms with Crippen molar-refractivity contribution >= 4 is 32.8 Å². The fourth-order valence-corrected chi connectivity index (χ4v) is 7.48. The molecule has 0 saturated heterocycles. The molecule has 3 aromatic heterocycles. The predicted octanol–water partition coefficient (Wildman–Crippen LogP) is 12.3. The summed E-state index contributed by atoms with van der Waals surface area (Å²) in [6, 6.07) is 28.7. The molecule has 0 aliphatic carbocycles. The van der Waals surface area contributed by atoms with Crippen molar-refractivity contribution in [2.45, 2.75) is 20.8 Å². The van der Waals surface area contributed by atoms with E-state index < -0.39 is 60.4 Å². The van der Waals surface area contributed by atoms with Crippen molar-refractivity contribution in [1.82, 2.24) is 14.1 Å². The van der Waals surface area contributed by atoms with Crippen molar-refractivity contribution in [3.8, 4) is 50.9 Å². The molecule has 0 atom stereocenters. The zero-order valence-electron chi connectivity index (χ0n) is 40.7. The normalized spacial score (nSPS) is 14.0. The van der Waals surface area contributed by atoms with Gasteiger partial charge in [-0.1, -0.05) is 127 Å². The Kier molecular flexibility index (Phi) is 5.87. The molecule has 3 heterocycles. The van der Waals surface area contributed by atoms with Gasteiger partial charge in [0.2, 0.25) is 0 Å². The minimum absolute atomic E-state index is 0.127. The number of pyridine rings is 1. The lowest BCUT2D eigenvalue weighted by Gasteiger charge is -2.17. The lowest BCUT2D eigenvalue weighted by molar-refractivity contribution is -0.571. The van der Waals surface area contributed by atoms with Crippen LogP contribution in [0.2, 0.25) is 0 Å². The first-order valence-electron chi connectivity index (χ1n) is 23.1. The number of nitrogens with zero attached hydrogens (tertiary/aromatic N) is 4. The summed E-state index contributed by atoms with van der Waals surface area (Å²) in [6.45, 7) is 6.26. The topological polar surface area (TPSA) is 35.9 Å². The van der Waals surface area contributed by atoms with E-state index in [9.17, 15) is 0 Å². The number of hydrogen-bond acceptors (Lipinski definition) is 2. The fourth-order valence-electron chi connectivity index (χ4n) is 7.48. The van der Waals surface area contributed by atoms with Gasteiger partial charge in [0.05, 0.1) is 47.1 Å². The Bertz CT molecular complexity index is 3550. The van der Waals surface area contributed by atoms with Crippen molar-refractivity contribution in [3.05, 3.63) is 199 Å². The first-order chi connectivity index (χ1) is 31.7. The first-order valence-corrected chi connectivity index (χ1v) is 18.1. The highest BCUT2D eigenvalue weighted by Gasteiger charge is 2.20. The van der Waals surface area contributed by atoms with Gasteiger partial charge in [0.25, 0.3) is 6.33 Å². The van der Waals surface area contributed by atoms with Crippen molar-refractivity contribution in [2.75, 3.05) is 0 Å². The Balaban J connectivity index is 1.16. The zero-order chi connectivity index (χ0) is 46.5. The number of fused-ring (bicyclic) bond motifs is 4. The molecule has 0 bridgehead atoms. The summed E-state index contributed by atoms with van der Waals surface area (Å²) in [5.74, 6) is 1.96. The summed E-state index contributed by atoms with van der Waals surface area (Å²) < 4.78 is 98.9. The average molecular weight is 733 g/mol. The minimum atomic E-state index is -0.564. The van der Waals surface area contributed by atoms with Crippen LogP contribution in [0.5, 0.6) is 11.5 Å². The third kappa shape index (κ3) is 5.56. The maximum atomic E-state index is 8.99. The number of para-hydroxylation sites is 4. The standard InChI is InChI=1S/C51H38N4O/c1-34-32-52-51(36(3)35(34)2)55-46-25-11-10-22-44(46)45-29-28-41(31-49(45)55)56-40-21-14-20-39(30-40)53-33-54(48-27-13-12-26-47(48)53)50-42(37-16-6-4-7-17-37)23-15-24-43(50)38-18-8-5-9-19-38/h4-32H,1-3H3/i4D,5D,6D,7D,8D,9D,16D,17D,18D,19D. The van der Waals surface area contributed by atoms with Gasteiger partial charge >= 0.3 is 0 Å². The average Bonchev–Trinajstić information content (AvgIpc) is 3.87. The van der Waals surface area contributed by atoms with E-state index in [1.807, 2.05) is 79.0 Å². The molecule has 10 aromatic rings. The lowest BCUT2D eigenvalue weighted by Crippen LogP contribution is -2.31. The summed E-state index contributed by atoms with van der Waals surface area (Å²) in [5.41, 5.74) is 7.44. The molecule has 5 heteroatoms. The Morgan fingerprint density at radius 2 is 1.25 bits per heavy atom. The molecule has 7 aromatic carbocycles. The third-order valence-electron chi connectivity index (χ3n) is 10.4. The van der Waals surface area contributed by atoms with E-state index in [4.69, 9.17) is 23.4 Å². The molecule has 0 amide bonds. The maximum absolute atomic E-state index is 8.99. The van der Waals surface area contributed by atoms with Crippen LogP contribution in [0, 0.1) is 27.1 Å². The molecule has 0 aliphatic heterocycles. The van der Waals surface area contributed by atoms with Crippen molar-refractivity contribution in [1.29, 1.82) is 0 Å². The van der Waals surface area contributed by atoms with Crippen molar-refractivity contribution in [2.24, 2.45) is 0 Å². The molecule has 0 unspecified atom stereocenters. The molecular weight excluding hydrogens is 685 g/mol. The van der Waals surface area contributed by atoms with E-state index in [1.54, 1.807) is 27.3 Å². The van der Waals surface area contributed by atoms with Gasteiger partial charge in [0.1, 0.15) is 17.3 Å². The van der Waals surface area contributed by atoms with Gasteiger partial charge in [0.15, 0.2) is 0 Å². The summed E-state index contributed by atoms with van der Waals surface area (Å²) in [7, 11) is 0. The van der Waals surface area contributed by atoms with E-state index in [0.717, 1.165) is 38.8 Å². The molecule has 0 spiro atoms. The molecular formula is C51H38N4O. The Morgan fingerprint density at radius 1 is 0.607 bits per heavy atom. The van der Waals surface area contributed by atoms with Crippen LogP contribution in [0.4, 0.5) is 0 Å². The monoisotopic (exact) mass is 732 g/mol. The Morgan fingerprint density at radius 3 is 2.00 bits per heavy atom. The second kappa shape index (κ2) is 13.6. The number of aromatic nitrogens is 4. The van der Waals surface area contributed by atoms with E-state index in [1.165, 1.54) is 5.56 Å². The summed E-state index contributed by atoms with van der Waals surface area (Å²) >= 11 is 0. The van der Waals surface area contributed by atoms with Crippen LogP contribution >= 0.6 is 0 Å². The van der Waals surface area contributed by atoms with Crippen LogP contribution in [-0.4, -0.2) is 14.1 Å². The smallest absolute Gasteiger partial charge is 0.269 e. The molecule has 10 rings (SSSR count). The summed E-state index contributed by atoms with van der Waals surface area (Å²) in [4.78, 5) is 4.90.